The molecule has 0 atom stereocenters. The number of rotatable bonds is 6. The topological polar surface area (TPSA) is 80.6 Å². The van der Waals surface area contributed by atoms with E-state index in [1.165, 1.54) is 25.2 Å². The van der Waals surface area contributed by atoms with Crippen LogP contribution in [0.2, 0.25) is 0 Å². The summed E-state index contributed by atoms with van der Waals surface area (Å²) >= 11 is 0. The fourth-order valence-corrected chi connectivity index (χ4v) is 2.71. The van der Waals surface area contributed by atoms with Crippen LogP contribution in [-0.2, 0) is 4.79 Å². The molecule has 1 fully saturated rings. The van der Waals surface area contributed by atoms with E-state index >= 15 is 0 Å². The third kappa shape index (κ3) is 4.38. The molecule has 1 heterocycles. The number of hydrogen-bond acceptors (Lipinski definition) is 4. The lowest BCUT2D eigenvalue weighted by atomic mass is 10.2. The third-order valence-corrected chi connectivity index (χ3v) is 3.88. The predicted molar refractivity (Wildman–Crippen MR) is 89.0 cm³/mol. The van der Waals surface area contributed by atoms with Gasteiger partial charge >= 0.3 is 0 Å². The van der Waals surface area contributed by atoms with E-state index < -0.39 is 5.91 Å². The van der Waals surface area contributed by atoms with E-state index in [1.54, 1.807) is 18.2 Å². The van der Waals surface area contributed by atoms with E-state index in [0.717, 1.165) is 18.6 Å². The van der Waals surface area contributed by atoms with Crippen molar-refractivity contribution in [2.75, 3.05) is 11.9 Å². The number of hydrogen-bond donors (Lipinski definition) is 2. The second-order valence-electron chi connectivity index (χ2n) is 5.76. The molecule has 6 heteroatoms. The van der Waals surface area contributed by atoms with Crippen molar-refractivity contribution in [1.82, 2.24) is 5.32 Å². The normalized spacial score (nSPS) is 14.3. The Hall–Kier alpha value is -2.76. The van der Waals surface area contributed by atoms with Gasteiger partial charge in [-0.1, -0.05) is 6.07 Å². The van der Waals surface area contributed by atoms with Crippen LogP contribution in [0, 0.1) is 0 Å². The lowest BCUT2D eigenvalue weighted by Gasteiger charge is -2.14. The first-order valence-corrected chi connectivity index (χ1v) is 8.09. The van der Waals surface area contributed by atoms with Gasteiger partial charge in [-0.25, -0.2) is 0 Å². The molecule has 6 nitrogen and oxygen atoms in total. The molecule has 1 aliphatic carbocycles. The van der Waals surface area contributed by atoms with Gasteiger partial charge in [-0.2, -0.15) is 0 Å². The molecule has 1 saturated carbocycles. The van der Waals surface area contributed by atoms with Crippen LogP contribution in [0.3, 0.4) is 0 Å². The molecular formula is C18H20N2O4. The Morgan fingerprint density at radius 1 is 1.17 bits per heavy atom. The van der Waals surface area contributed by atoms with Gasteiger partial charge in [0.05, 0.1) is 18.9 Å². The molecule has 3 rings (SSSR count). The summed E-state index contributed by atoms with van der Waals surface area (Å²) in [4.78, 5) is 23.7. The molecule has 2 N–H and O–H groups in total. The summed E-state index contributed by atoms with van der Waals surface area (Å²) in [6.07, 6.45) is 6.24. The number of nitrogens with one attached hydrogen (secondary N) is 2. The Bertz CT molecular complexity index is 691. The number of anilines is 1. The van der Waals surface area contributed by atoms with E-state index in [9.17, 15) is 9.59 Å². The minimum absolute atomic E-state index is 0.132. The van der Waals surface area contributed by atoms with E-state index in [1.807, 2.05) is 12.1 Å². The summed E-state index contributed by atoms with van der Waals surface area (Å²) in [5, 5.41) is 5.25. The Balaban J connectivity index is 1.49. The van der Waals surface area contributed by atoms with Crippen molar-refractivity contribution in [3.8, 4) is 5.75 Å². The molecule has 1 aliphatic rings. The molecule has 1 aromatic carbocycles. The molecule has 2 amide bonds. The zero-order valence-electron chi connectivity index (χ0n) is 13.3. The van der Waals surface area contributed by atoms with Crippen LogP contribution in [0.4, 0.5) is 5.69 Å². The van der Waals surface area contributed by atoms with Crippen LogP contribution in [0.5, 0.6) is 5.75 Å². The van der Waals surface area contributed by atoms with Gasteiger partial charge in [0.1, 0.15) is 5.75 Å². The summed E-state index contributed by atoms with van der Waals surface area (Å²) < 4.78 is 10.9. The van der Waals surface area contributed by atoms with E-state index in [2.05, 4.69) is 10.6 Å². The van der Waals surface area contributed by atoms with Crippen molar-refractivity contribution in [3.63, 3.8) is 0 Å². The van der Waals surface area contributed by atoms with Crippen LogP contribution in [-0.4, -0.2) is 24.5 Å². The zero-order chi connectivity index (χ0) is 16.8. The number of amides is 2. The first kappa shape index (κ1) is 16.1. The summed E-state index contributed by atoms with van der Waals surface area (Å²) in [5.74, 6) is 0.190. The number of ether oxygens (including phenoxy) is 1. The highest BCUT2D eigenvalue weighted by Gasteiger charge is 2.16. The third-order valence-electron chi connectivity index (χ3n) is 3.88. The lowest BCUT2D eigenvalue weighted by molar-refractivity contribution is -0.115. The first-order valence-electron chi connectivity index (χ1n) is 8.09. The highest BCUT2D eigenvalue weighted by molar-refractivity contribution is 5.98. The van der Waals surface area contributed by atoms with Gasteiger partial charge in [0.25, 0.3) is 5.91 Å². The second-order valence-corrected chi connectivity index (χ2v) is 5.76. The van der Waals surface area contributed by atoms with Crippen LogP contribution in [0.15, 0.2) is 47.1 Å². The fourth-order valence-electron chi connectivity index (χ4n) is 2.71. The maximum absolute atomic E-state index is 11.9. The molecule has 0 spiro atoms. The number of benzene rings is 1. The van der Waals surface area contributed by atoms with Crippen molar-refractivity contribution < 1.29 is 18.7 Å². The maximum Gasteiger partial charge on any atom is 0.287 e. The highest BCUT2D eigenvalue weighted by Crippen LogP contribution is 2.25. The van der Waals surface area contributed by atoms with Crippen LogP contribution < -0.4 is 15.4 Å². The lowest BCUT2D eigenvalue weighted by Crippen LogP contribution is -2.32. The minimum atomic E-state index is -0.423. The molecule has 2 aromatic rings. The summed E-state index contributed by atoms with van der Waals surface area (Å²) in [6, 6.07) is 10.5. The van der Waals surface area contributed by atoms with E-state index in [4.69, 9.17) is 9.15 Å². The van der Waals surface area contributed by atoms with Gasteiger partial charge in [0.15, 0.2) is 5.76 Å². The second kappa shape index (κ2) is 7.68. The number of carbonyl (C=O) groups excluding carboxylic acids is 2. The van der Waals surface area contributed by atoms with Crippen molar-refractivity contribution in [1.29, 1.82) is 0 Å². The van der Waals surface area contributed by atoms with Crippen molar-refractivity contribution in [2.24, 2.45) is 0 Å². The minimum Gasteiger partial charge on any atom is -0.490 e. The van der Waals surface area contributed by atoms with Crippen LogP contribution >= 0.6 is 0 Å². The standard InChI is InChI=1S/C18H20N2O4/c21-17(12-19-18(22)16-9-4-10-23-16)20-13-5-3-8-15(11-13)24-14-6-1-2-7-14/h3-5,8-11,14H,1-2,6-7,12H2,(H,19,22)(H,20,21). The summed E-state index contributed by atoms with van der Waals surface area (Å²) in [7, 11) is 0. The Labute approximate surface area is 140 Å². The highest BCUT2D eigenvalue weighted by atomic mass is 16.5. The average Bonchev–Trinajstić information content (AvgIpc) is 3.26. The van der Waals surface area contributed by atoms with Gasteiger partial charge in [0, 0.05) is 11.8 Å². The largest absolute Gasteiger partial charge is 0.490 e. The average molecular weight is 328 g/mol. The molecular weight excluding hydrogens is 308 g/mol. The molecule has 1 aromatic heterocycles. The van der Waals surface area contributed by atoms with Gasteiger partial charge in [-0.05, 0) is 49.9 Å². The van der Waals surface area contributed by atoms with Crippen molar-refractivity contribution in [3.05, 3.63) is 48.4 Å². The molecule has 24 heavy (non-hydrogen) atoms. The van der Waals surface area contributed by atoms with Crippen molar-refractivity contribution in [2.45, 2.75) is 31.8 Å². The maximum atomic E-state index is 11.9. The Kier molecular flexibility index (Phi) is 5.15. The molecule has 0 bridgehead atoms. The van der Waals surface area contributed by atoms with Crippen LogP contribution in [0.1, 0.15) is 36.2 Å². The predicted octanol–water partition coefficient (Wildman–Crippen LogP) is 2.97. The van der Waals surface area contributed by atoms with Crippen LogP contribution in [0.25, 0.3) is 0 Å². The fraction of sp³-hybridized carbons (Fsp3) is 0.333. The van der Waals surface area contributed by atoms with Gasteiger partial charge in [-0.15, -0.1) is 0 Å². The Morgan fingerprint density at radius 3 is 2.75 bits per heavy atom. The van der Waals surface area contributed by atoms with Gasteiger partial charge in [-0.3, -0.25) is 9.59 Å². The zero-order valence-corrected chi connectivity index (χ0v) is 13.3. The smallest absolute Gasteiger partial charge is 0.287 e. The monoisotopic (exact) mass is 328 g/mol. The molecule has 0 unspecified atom stereocenters. The van der Waals surface area contributed by atoms with E-state index in [-0.39, 0.29) is 24.3 Å². The molecule has 0 saturated heterocycles. The van der Waals surface area contributed by atoms with E-state index in [0.29, 0.717) is 5.69 Å². The number of carbonyl (C=O) groups is 2. The van der Waals surface area contributed by atoms with Crippen molar-refractivity contribution >= 4 is 17.5 Å². The quantitative estimate of drug-likeness (QED) is 0.854. The van der Waals surface area contributed by atoms with Gasteiger partial charge < -0.3 is 19.8 Å². The first-order chi connectivity index (χ1) is 11.7. The number of furan rings is 1. The van der Waals surface area contributed by atoms with Gasteiger partial charge in [0.2, 0.25) is 5.91 Å². The molecule has 126 valence electrons. The molecule has 0 radical (unpaired) electrons. The molecule has 0 aliphatic heterocycles. The Morgan fingerprint density at radius 2 is 2.00 bits per heavy atom. The SMILES string of the molecule is O=C(CNC(=O)c1ccco1)Nc1cccc(OC2CCCC2)c1. The summed E-state index contributed by atoms with van der Waals surface area (Å²) in [5.41, 5.74) is 0.641. The summed E-state index contributed by atoms with van der Waals surface area (Å²) in [6.45, 7) is -0.132.